The van der Waals surface area contributed by atoms with Crippen molar-refractivity contribution in [1.29, 1.82) is 0 Å². The molecule has 23 heavy (non-hydrogen) atoms. The number of likely N-dealkylation sites (tertiary alicyclic amines) is 1. The summed E-state index contributed by atoms with van der Waals surface area (Å²) in [6.45, 7) is 4.49. The number of nitrogens with zero attached hydrogens (tertiary/aromatic N) is 3. The van der Waals surface area contributed by atoms with Crippen molar-refractivity contribution in [3.63, 3.8) is 0 Å². The predicted molar refractivity (Wildman–Crippen MR) is 82.5 cm³/mol. The van der Waals surface area contributed by atoms with E-state index in [9.17, 15) is 9.18 Å². The molecule has 7 heteroatoms. The SMILES string of the molecule is Cc1cc(C(=O)N2CCCC(c3nnc(N)o3)C2)cc(C)c1F. The molecule has 0 aliphatic carbocycles. The fourth-order valence-corrected chi connectivity index (χ4v) is 3.03. The summed E-state index contributed by atoms with van der Waals surface area (Å²) in [4.78, 5) is 14.5. The first kappa shape index (κ1) is 15.5. The van der Waals surface area contributed by atoms with Crippen LogP contribution in [0.2, 0.25) is 0 Å². The number of nitrogen functional groups attached to an aromatic ring is 1. The van der Waals surface area contributed by atoms with Gasteiger partial charge in [-0.15, -0.1) is 5.10 Å². The first-order valence-corrected chi connectivity index (χ1v) is 7.60. The Morgan fingerprint density at radius 1 is 1.35 bits per heavy atom. The van der Waals surface area contributed by atoms with Gasteiger partial charge in [0, 0.05) is 18.7 Å². The molecule has 1 amide bonds. The summed E-state index contributed by atoms with van der Waals surface area (Å²) >= 11 is 0. The largest absolute Gasteiger partial charge is 0.408 e. The Kier molecular flexibility index (Phi) is 4.02. The average molecular weight is 318 g/mol. The maximum absolute atomic E-state index is 13.7. The molecule has 0 radical (unpaired) electrons. The van der Waals surface area contributed by atoms with Gasteiger partial charge in [-0.2, -0.15) is 0 Å². The molecule has 2 N–H and O–H groups in total. The number of benzene rings is 1. The van der Waals surface area contributed by atoms with Crippen molar-refractivity contribution in [3.8, 4) is 0 Å². The topological polar surface area (TPSA) is 85.2 Å². The maximum atomic E-state index is 13.7. The van der Waals surface area contributed by atoms with Crippen molar-refractivity contribution in [3.05, 3.63) is 40.5 Å². The molecule has 1 aromatic heterocycles. The number of carbonyl (C=O) groups is 1. The molecule has 2 heterocycles. The van der Waals surface area contributed by atoms with Crippen LogP contribution in [0, 0.1) is 19.7 Å². The normalized spacial score (nSPS) is 18.2. The highest BCUT2D eigenvalue weighted by atomic mass is 19.1. The number of hydrogen-bond donors (Lipinski definition) is 1. The Labute approximate surface area is 133 Å². The van der Waals surface area contributed by atoms with Gasteiger partial charge in [0.05, 0.1) is 5.92 Å². The standard InChI is InChI=1S/C16H19FN4O2/c1-9-6-12(7-10(2)13(9)17)15(22)21-5-3-4-11(8-21)14-19-20-16(18)23-14/h6-7,11H,3-5,8H2,1-2H3,(H2,18,20). The third kappa shape index (κ3) is 3.04. The van der Waals surface area contributed by atoms with Gasteiger partial charge >= 0.3 is 6.01 Å². The molecule has 1 aromatic carbocycles. The second-order valence-electron chi connectivity index (χ2n) is 5.99. The maximum Gasteiger partial charge on any atom is 0.312 e. The smallest absolute Gasteiger partial charge is 0.312 e. The molecule has 1 aliphatic rings. The highest BCUT2D eigenvalue weighted by Crippen LogP contribution is 2.27. The number of rotatable bonds is 2. The summed E-state index contributed by atoms with van der Waals surface area (Å²) in [5, 5.41) is 7.59. The molecular formula is C16H19FN4O2. The molecular weight excluding hydrogens is 299 g/mol. The molecule has 1 fully saturated rings. The van der Waals surface area contributed by atoms with Gasteiger partial charge in [-0.05, 0) is 49.9 Å². The first-order valence-electron chi connectivity index (χ1n) is 7.60. The van der Waals surface area contributed by atoms with Crippen molar-refractivity contribution in [2.75, 3.05) is 18.8 Å². The van der Waals surface area contributed by atoms with Crippen LogP contribution < -0.4 is 5.73 Å². The molecule has 122 valence electrons. The van der Waals surface area contributed by atoms with Crippen molar-refractivity contribution in [2.45, 2.75) is 32.6 Å². The van der Waals surface area contributed by atoms with Gasteiger partial charge in [0.2, 0.25) is 5.89 Å². The van der Waals surface area contributed by atoms with Gasteiger partial charge in [0.1, 0.15) is 5.82 Å². The van der Waals surface area contributed by atoms with Crippen LogP contribution >= 0.6 is 0 Å². The van der Waals surface area contributed by atoms with E-state index < -0.39 is 0 Å². The fourth-order valence-electron chi connectivity index (χ4n) is 3.03. The number of carbonyl (C=O) groups excluding carboxylic acids is 1. The second-order valence-corrected chi connectivity index (χ2v) is 5.99. The van der Waals surface area contributed by atoms with Gasteiger partial charge < -0.3 is 15.1 Å². The average Bonchev–Trinajstić information content (AvgIpc) is 2.98. The number of aromatic nitrogens is 2. The summed E-state index contributed by atoms with van der Waals surface area (Å²) in [6, 6.07) is 3.23. The highest BCUT2D eigenvalue weighted by Gasteiger charge is 2.29. The van der Waals surface area contributed by atoms with Crippen LogP contribution in [-0.2, 0) is 0 Å². The molecule has 1 unspecified atom stereocenters. The number of nitrogens with two attached hydrogens (primary N) is 1. The Balaban J connectivity index is 1.79. The van der Waals surface area contributed by atoms with Crippen molar-refractivity contribution in [2.24, 2.45) is 0 Å². The Morgan fingerprint density at radius 2 is 2.04 bits per heavy atom. The van der Waals surface area contributed by atoms with Gasteiger partial charge in [0.15, 0.2) is 0 Å². The lowest BCUT2D eigenvalue weighted by molar-refractivity contribution is 0.0698. The molecule has 0 bridgehead atoms. The molecule has 1 aliphatic heterocycles. The van der Waals surface area contributed by atoms with Crippen LogP contribution in [-0.4, -0.2) is 34.1 Å². The minimum atomic E-state index is -0.264. The van der Waals surface area contributed by atoms with Crippen LogP contribution in [0.15, 0.2) is 16.5 Å². The van der Waals surface area contributed by atoms with E-state index in [0.717, 1.165) is 12.8 Å². The monoisotopic (exact) mass is 318 g/mol. The lowest BCUT2D eigenvalue weighted by Crippen LogP contribution is -2.39. The molecule has 1 saturated heterocycles. The lowest BCUT2D eigenvalue weighted by atomic mass is 9.97. The van der Waals surface area contributed by atoms with Gasteiger partial charge in [-0.1, -0.05) is 5.10 Å². The van der Waals surface area contributed by atoms with Crippen LogP contribution in [0.25, 0.3) is 0 Å². The zero-order valence-corrected chi connectivity index (χ0v) is 13.2. The predicted octanol–water partition coefficient (Wildman–Crippen LogP) is 2.43. The molecule has 3 rings (SSSR count). The minimum absolute atomic E-state index is 0.0138. The van der Waals surface area contributed by atoms with E-state index in [1.165, 1.54) is 0 Å². The summed E-state index contributed by atoms with van der Waals surface area (Å²) in [5.74, 6) is 0.0828. The summed E-state index contributed by atoms with van der Waals surface area (Å²) in [5.41, 5.74) is 6.93. The van der Waals surface area contributed by atoms with E-state index in [0.29, 0.717) is 35.7 Å². The second kappa shape index (κ2) is 5.98. The third-order valence-electron chi connectivity index (χ3n) is 4.20. The van der Waals surface area contributed by atoms with Crippen LogP contribution in [0.3, 0.4) is 0 Å². The van der Waals surface area contributed by atoms with E-state index in [2.05, 4.69) is 10.2 Å². The summed E-state index contributed by atoms with van der Waals surface area (Å²) < 4.78 is 19.0. The van der Waals surface area contributed by atoms with Crippen molar-refractivity contribution >= 4 is 11.9 Å². The summed E-state index contributed by atoms with van der Waals surface area (Å²) in [6.07, 6.45) is 1.71. The van der Waals surface area contributed by atoms with Gasteiger partial charge in [0.25, 0.3) is 5.91 Å². The molecule has 0 spiro atoms. The van der Waals surface area contributed by atoms with Gasteiger partial charge in [-0.3, -0.25) is 4.79 Å². The number of amides is 1. The van der Waals surface area contributed by atoms with E-state index in [1.54, 1.807) is 30.9 Å². The van der Waals surface area contributed by atoms with Crippen molar-refractivity contribution in [1.82, 2.24) is 15.1 Å². The van der Waals surface area contributed by atoms with Crippen LogP contribution in [0.4, 0.5) is 10.4 Å². The van der Waals surface area contributed by atoms with E-state index in [1.807, 2.05) is 0 Å². The van der Waals surface area contributed by atoms with Gasteiger partial charge in [-0.25, -0.2) is 4.39 Å². The zero-order chi connectivity index (χ0) is 16.6. The molecule has 0 saturated carbocycles. The Morgan fingerprint density at radius 3 is 2.65 bits per heavy atom. The quantitative estimate of drug-likeness (QED) is 0.919. The van der Waals surface area contributed by atoms with Crippen LogP contribution in [0.1, 0.15) is 46.1 Å². The van der Waals surface area contributed by atoms with Crippen LogP contribution in [0.5, 0.6) is 0 Å². The number of anilines is 1. The first-order chi connectivity index (χ1) is 11.0. The number of aryl methyl sites for hydroxylation is 2. The summed E-state index contributed by atoms with van der Waals surface area (Å²) in [7, 11) is 0. The van der Waals surface area contributed by atoms with Crippen molar-refractivity contribution < 1.29 is 13.6 Å². The minimum Gasteiger partial charge on any atom is -0.408 e. The number of piperidine rings is 1. The fraction of sp³-hybridized carbons (Fsp3) is 0.438. The molecule has 6 nitrogen and oxygen atoms in total. The lowest BCUT2D eigenvalue weighted by Gasteiger charge is -2.31. The zero-order valence-electron chi connectivity index (χ0n) is 13.2. The highest BCUT2D eigenvalue weighted by molar-refractivity contribution is 5.94. The van der Waals surface area contributed by atoms with E-state index in [4.69, 9.17) is 10.2 Å². The van der Waals surface area contributed by atoms with E-state index >= 15 is 0 Å². The Hall–Kier alpha value is -2.44. The van der Waals surface area contributed by atoms with E-state index in [-0.39, 0.29) is 23.7 Å². The molecule has 2 aromatic rings. The number of hydrogen-bond acceptors (Lipinski definition) is 5. The number of halogens is 1. The third-order valence-corrected chi connectivity index (χ3v) is 4.20. The molecule has 1 atom stereocenters. The Bertz CT molecular complexity index is 720.